The van der Waals surface area contributed by atoms with E-state index in [1.54, 1.807) is 35.0 Å². The molecule has 0 atom stereocenters. The van der Waals surface area contributed by atoms with Crippen LogP contribution in [0.4, 0.5) is 13.2 Å². The van der Waals surface area contributed by atoms with Crippen molar-refractivity contribution in [3.05, 3.63) is 71.3 Å². The molecular weight excluding hydrogens is 549 g/mol. The normalized spacial score (nSPS) is 19.3. The van der Waals surface area contributed by atoms with Crippen LogP contribution in [0.25, 0.3) is 27.7 Å². The highest BCUT2D eigenvalue weighted by Gasteiger charge is 2.38. The summed E-state index contributed by atoms with van der Waals surface area (Å²) in [4.78, 5) is 35.1. The number of pyridine rings is 1. The van der Waals surface area contributed by atoms with Gasteiger partial charge < -0.3 is 9.67 Å². The van der Waals surface area contributed by atoms with Crippen molar-refractivity contribution < 1.29 is 27.9 Å². The van der Waals surface area contributed by atoms with Gasteiger partial charge in [0.2, 0.25) is 0 Å². The van der Waals surface area contributed by atoms with Gasteiger partial charge in [0.1, 0.15) is 5.65 Å². The lowest BCUT2D eigenvalue weighted by Gasteiger charge is -2.35. The molecule has 42 heavy (non-hydrogen) atoms. The maximum atomic E-state index is 14.2. The third-order valence-corrected chi connectivity index (χ3v) is 8.67. The van der Waals surface area contributed by atoms with Crippen LogP contribution in [-0.2, 0) is 28.9 Å². The molecular formula is C30H29F3N6O3. The summed E-state index contributed by atoms with van der Waals surface area (Å²) >= 11 is 0. The molecule has 0 aliphatic carbocycles. The number of rotatable bonds is 5. The zero-order chi connectivity index (χ0) is 29.2. The Morgan fingerprint density at radius 2 is 1.79 bits per heavy atom. The number of likely N-dealkylation sites (tertiary alicyclic amines) is 1. The lowest BCUT2D eigenvalue weighted by Crippen LogP contribution is -2.43. The molecule has 218 valence electrons. The molecule has 2 N–H and O–H groups in total. The molecule has 1 saturated heterocycles. The number of aliphatic hydroxyl groups excluding tert-OH is 1. The van der Waals surface area contributed by atoms with Crippen molar-refractivity contribution in [1.29, 1.82) is 0 Å². The van der Waals surface area contributed by atoms with Crippen molar-refractivity contribution in [1.82, 2.24) is 29.1 Å². The highest BCUT2D eigenvalue weighted by atomic mass is 19.4. The number of halogens is 3. The molecule has 3 aromatic heterocycles. The molecule has 0 bridgehead atoms. The average molecular weight is 579 g/mol. The van der Waals surface area contributed by atoms with E-state index in [1.165, 1.54) is 12.3 Å². The van der Waals surface area contributed by atoms with E-state index in [0.29, 0.717) is 60.2 Å². The van der Waals surface area contributed by atoms with E-state index in [4.69, 9.17) is 0 Å². The number of benzene rings is 1. The SMILES string of the molecule is O=C1NC(=O)C(c2cnc3ccccn23)=C1c1cn2c3c(cc(C(F)(F)F)cc13)CN(CN1CCC(CO)CC1)CC2. The molecule has 0 saturated carbocycles. The van der Waals surface area contributed by atoms with Crippen molar-refractivity contribution in [3.63, 3.8) is 0 Å². The van der Waals surface area contributed by atoms with Crippen LogP contribution in [0.1, 0.15) is 35.2 Å². The fraction of sp³-hybridized carbons (Fsp3) is 0.367. The minimum Gasteiger partial charge on any atom is -0.396 e. The van der Waals surface area contributed by atoms with Crippen LogP contribution in [0.2, 0.25) is 0 Å². The van der Waals surface area contributed by atoms with E-state index in [9.17, 15) is 27.9 Å². The van der Waals surface area contributed by atoms with Crippen molar-refractivity contribution >= 4 is 39.5 Å². The first-order valence-electron chi connectivity index (χ1n) is 14.0. The van der Waals surface area contributed by atoms with Gasteiger partial charge >= 0.3 is 6.18 Å². The minimum absolute atomic E-state index is 0.0452. The molecule has 0 spiro atoms. The van der Waals surface area contributed by atoms with Crippen LogP contribution < -0.4 is 5.32 Å². The zero-order valence-corrected chi connectivity index (χ0v) is 22.7. The number of alkyl halides is 3. The molecule has 1 aromatic carbocycles. The van der Waals surface area contributed by atoms with Gasteiger partial charge in [0.05, 0.1) is 40.8 Å². The summed E-state index contributed by atoms with van der Waals surface area (Å²) in [6.45, 7) is 3.89. The topological polar surface area (TPSA) is 95.1 Å². The maximum absolute atomic E-state index is 14.2. The zero-order valence-electron chi connectivity index (χ0n) is 22.7. The summed E-state index contributed by atoms with van der Waals surface area (Å²) in [7, 11) is 0. The summed E-state index contributed by atoms with van der Waals surface area (Å²) in [6.07, 6.45) is 2.12. The van der Waals surface area contributed by atoms with Crippen LogP contribution >= 0.6 is 0 Å². The number of imide groups is 1. The summed E-state index contributed by atoms with van der Waals surface area (Å²) < 4.78 is 46.2. The second kappa shape index (κ2) is 10.1. The van der Waals surface area contributed by atoms with Crippen molar-refractivity contribution in [2.45, 2.75) is 32.1 Å². The molecule has 0 unspecified atom stereocenters. The number of amides is 2. The number of fused-ring (bicyclic) bond motifs is 1. The number of nitrogens with zero attached hydrogens (tertiary/aromatic N) is 5. The molecule has 4 aromatic rings. The van der Waals surface area contributed by atoms with Gasteiger partial charge in [0.25, 0.3) is 11.8 Å². The standard InChI is InChI=1S/C30H29F3N6O3/c31-30(32,33)20-11-19-14-37(17-36-7-4-18(16-40)5-8-36)9-10-38-15-22(21(12-20)27(19)38)25-26(29(42)35-28(25)41)23-13-34-24-3-1-2-6-39(23)24/h1-3,6,11-13,15,18,40H,4-5,7-10,14,16-17H2,(H,35,41,42). The Morgan fingerprint density at radius 3 is 2.55 bits per heavy atom. The van der Waals surface area contributed by atoms with Gasteiger partial charge in [-0.05, 0) is 61.7 Å². The van der Waals surface area contributed by atoms with Gasteiger partial charge in [-0.1, -0.05) is 6.07 Å². The second-order valence-corrected chi connectivity index (χ2v) is 11.3. The average Bonchev–Trinajstić information content (AvgIpc) is 3.60. The Bertz CT molecular complexity index is 1760. The number of imidazole rings is 1. The van der Waals surface area contributed by atoms with E-state index in [1.807, 2.05) is 4.57 Å². The quantitative estimate of drug-likeness (QED) is 0.353. The smallest absolute Gasteiger partial charge is 0.396 e. The Labute approximate surface area is 238 Å². The maximum Gasteiger partial charge on any atom is 0.416 e. The van der Waals surface area contributed by atoms with Crippen LogP contribution in [0.5, 0.6) is 0 Å². The van der Waals surface area contributed by atoms with Crippen LogP contribution in [0, 0.1) is 5.92 Å². The highest BCUT2D eigenvalue weighted by Crippen LogP contribution is 2.41. The Morgan fingerprint density at radius 1 is 1.00 bits per heavy atom. The number of carbonyl (C=O) groups is 2. The highest BCUT2D eigenvalue weighted by molar-refractivity contribution is 6.49. The van der Waals surface area contributed by atoms with E-state index in [-0.39, 0.29) is 23.1 Å². The molecule has 3 aliphatic heterocycles. The third-order valence-electron chi connectivity index (χ3n) is 8.67. The van der Waals surface area contributed by atoms with Gasteiger partial charge in [-0.2, -0.15) is 13.2 Å². The number of aromatic nitrogens is 3. The molecule has 2 amide bonds. The number of piperidine rings is 1. The summed E-state index contributed by atoms with van der Waals surface area (Å²) in [6, 6.07) is 7.63. The van der Waals surface area contributed by atoms with E-state index >= 15 is 0 Å². The predicted octanol–water partition coefficient (Wildman–Crippen LogP) is 3.35. The lowest BCUT2D eigenvalue weighted by molar-refractivity contribution is -0.137. The van der Waals surface area contributed by atoms with Gasteiger partial charge in [0, 0.05) is 49.6 Å². The fourth-order valence-corrected chi connectivity index (χ4v) is 6.55. The largest absolute Gasteiger partial charge is 0.416 e. The molecule has 6 heterocycles. The number of aliphatic hydroxyl groups is 1. The van der Waals surface area contributed by atoms with Crippen LogP contribution in [0.3, 0.4) is 0 Å². The minimum atomic E-state index is -4.60. The Kier molecular flexibility index (Phi) is 6.44. The molecule has 0 radical (unpaired) electrons. The first-order chi connectivity index (χ1) is 20.2. The van der Waals surface area contributed by atoms with Crippen molar-refractivity contribution in [2.24, 2.45) is 5.92 Å². The molecule has 9 nitrogen and oxygen atoms in total. The predicted molar refractivity (Wildman–Crippen MR) is 149 cm³/mol. The summed E-state index contributed by atoms with van der Waals surface area (Å²) in [5, 5.41) is 12.1. The number of carbonyl (C=O) groups excluding carboxylic acids is 2. The van der Waals surface area contributed by atoms with Gasteiger partial charge in [-0.15, -0.1) is 0 Å². The molecule has 7 rings (SSSR count). The van der Waals surface area contributed by atoms with E-state index in [0.717, 1.165) is 32.0 Å². The summed E-state index contributed by atoms with van der Waals surface area (Å²) in [5.41, 5.74) is 1.75. The fourth-order valence-electron chi connectivity index (χ4n) is 6.55. The van der Waals surface area contributed by atoms with E-state index in [2.05, 4.69) is 20.1 Å². The molecule has 12 heteroatoms. The number of nitrogens with one attached hydrogen (secondary N) is 1. The first-order valence-corrected chi connectivity index (χ1v) is 14.0. The second-order valence-electron chi connectivity index (χ2n) is 11.3. The van der Waals surface area contributed by atoms with Crippen LogP contribution in [0.15, 0.2) is 48.9 Å². The van der Waals surface area contributed by atoms with Crippen LogP contribution in [-0.4, -0.2) is 73.6 Å². The van der Waals surface area contributed by atoms with Gasteiger partial charge in [-0.3, -0.25) is 29.1 Å². The number of hydrogen-bond donors (Lipinski definition) is 2. The van der Waals surface area contributed by atoms with E-state index < -0.39 is 23.6 Å². The number of hydrogen-bond acceptors (Lipinski definition) is 6. The Balaban J connectivity index is 1.35. The summed E-state index contributed by atoms with van der Waals surface area (Å²) in [5.74, 6) is -0.965. The third kappa shape index (κ3) is 4.50. The van der Waals surface area contributed by atoms with Crippen molar-refractivity contribution in [2.75, 3.05) is 32.9 Å². The first kappa shape index (κ1) is 26.9. The lowest BCUT2D eigenvalue weighted by atomic mass is 9.96. The van der Waals surface area contributed by atoms with Crippen molar-refractivity contribution in [3.8, 4) is 0 Å². The van der Waals surface area contributed by atoms with Gasteiger partial charge in [-0.25, -0.2) is 4.98 Å². The monoisotopic (exact) mass is 578 g/mol. The molecule has 3 aliphatic rings. The Hall–Kier alpha value is -4.00. The van der Waals surface area contributed by atoms with Gasteiger partial charge in [0.15, 0.2) is 0 Å². The molecule has 1 fully saturated rings.